The van der Waals surface area contributed by atoms with Gasteiger partial charge < -0.3 is 10.8 Å². The summed E-state index contributed by atoms with van der Waals surface area (Å²) in [4.78, 5) is 14.0. The number of rotatable bonds is 2. The molecule has 2 heterocycles. The molecular formula is C15H20N2O2. The van der Waals surface area contributed by atoms with Crippen LogP contribution in [-0.2, 0) is 4.79 Å². The van der Waals surface area contributed by atoms with E-state index in [-0.39, 0.29) is 5.92 Å². The number of nitrogens with two attached hydrogens (primary N) is 1. The van der Waals surface area contributed by atoms with Gasteiger partial charge in [0.25, 0.3) is 0 Å². The van der Waals surface area contributed by atoms with Gasteiger partial charge in [0.2, 0.25) is 0 Å². The lowest BCUT2D eigenvalue weighted by Crippen LogP contribution is -2.57. The van der Waals surface area contributed by atoms with Gasteiger partial charge in [-0.3, -0.25) is 9.69 Å². The van der Waals surface area contributed by atoms with Gasteiger partial charge in [0.05, 0.1) is 0 Å². The first-order chi connectivity index (χ1) is 9.05. The van der Waals surface area contributed by atoms with E-state index < -0.39 is 11.5 Å². The maximum atomic E-state index is 11.9. The van der Waals surface area contributed by atoms with Crippen LogP contribution in [0.25, 0.3) is 0 Å². The summed E-state index contributed by atoms with van der Waals surface area (Å²) in [6, 6.07) is 8.13. The van der Waals surface area contributed by atoms with Crippen molar-refractivity contribution in [3.05, 3.63) is 29.8 Å². The highest BCUT2D eigenvalue weighted by atomic mass is 16.4. The van der Waals surface area contributed by atoms with Crippen LogP contribution in [0, 0.1) is 0 Å². The summed E-state index contributed by atoms with van der Waals surface area (Å²) in [7, 11) is 1.97. The summed E-state index contributed by atoms with van der Waals surface area (Å²) in [5.41, 5.74) is 6.83. The smallest absolute Gasteiger partial charge is 0.324 e. The predicted octanol–water partition coefficient (Wildman–Crippen LogP) is 2.06. The zero-order chi connectivity index (χ0) is 13.6. The number of likely N-dealkylation sites (N-methyl/N-ethyl adjacent to an activating group) is 1. The Kier molecular flexibility index (Phi) is 2.78. The molecule has 0 radical (unpaired) electrons. The van der Waals surface area contributed by atoms with Gasteiger partial charge in [-0.05, 0) is 50.4 Å². The molecule has 19 heavy (non-hydrogen) atoms. The van der Waals surface area contributed by atoms with Crippen LogP contribution >= 0.6 is 0 Å². The van der Waals surface area contributed by atoms with Crippen molar-refractivity contribution < 1.29 is 9.90 Å². The molecule has 2 bridgehead atoms. The first-order valence-corrected chi connectivity index (χ1v) is 6.87. The topological polar surface area (TPSA) is 66.6 Å². The van der Waals surface area contributed by atoms with Gasteiger partial charge in [-0.15, -0.1) is 0 Å². The Morgan fingerprint density at radius 1 is 1.32 bits per heavy atom. The van der Waals surface area contributed by atoms with Crippen molar-refractivity contribution in [2.75, 3.05) is 12.8 Å². The maximum absolute atomic E-state index is 11.9. The molecule has 0 aliphatic carbocycles. The van der Waals surface area contributed by atoms with Gasteiger partial charge in [-0.2, -0.15) is 0 Å². The van der Waals surface area contributed by atoms with Crippen molar-refractivity contribution in [3.8, 4) is 0 Å². The average Bonchev–Trinajstić information content (AvgIpc) is 2.60. The van der Waals surface area contributed by atoms with Crippen molar-refractivity contribution in [3.63, 3.8) is 0 Å². The Labute approximate surface area is 113 Å². The average molecular weight is 260 g/mol. The Balaban J connectivity index is 2.04. The van der Waals surface area contributed by atoms with E-state index in [1.807, 2.05) is 31.3 Å². The molecule has 3 N–H and O–H groups in total. The highest BCUT2D eigenvalue weighted by molar-refractivity contribution is 5.81. The van der Waals surface area contributed by atoms with Crippen molar-refractivity contribution in [2.24, 2.45) is 0 Å². The van der Waals surface area contributed by atoms with Crippen LogP contribution in [0.4, 0.5) is 5.69 Å². The predicted molar refractivity (Wildman–Crippen MR) is 74.0 cm³/mol. The number of hydrogen-bond donors (Lipinski definition) is 2. The molecule has 0 spiro atoms. The number of piperidine rings is 1. The Hall–Kier alpha value is -1.55. The van der Waals surface area contributed by atoms with Crippen LogP contribution in [-0.4, -0.2) is 34.6 Å². The van der Waals surface area contributed by atoms with E-state index in [9.17, 15) is 9.90 Å². The zero-order valence-corrected chi connectivity index (χ0v) is 11.2. The zero-order valence-electron chi connectivity index (χ0n) is 11.2. The minimum absolute atomic E-state index is 0.0642. The monoisotopic (exact) mass is 260 g/mol. The summed E-state index contributed by atoms with van der Waals surface area (Å²) in [6.07, 6.45) is 3.78. The van der Waals surface area contributed by atoms with Crippen molar-refractivity contribution >= 4 is 11.7 Å². The second-order valence-electron chi connectivity index (χ2n) is 5.83. The van der Waals surface area contributed by atoms with E-state index in [2.05, 4.69) is 4.90 Å². The summed E-state index contributed by atoms with van der Waals surface area (Å²) < 4.78 is 0. The van der Waals surface area contributed by atoms with Gasteiger partial charge in [-0.25, -0.2) is 0 Å². The number of carboxylic acids is 1. The molecule has 2 fully saturated rings. The standard InChI is InChI=1S/C15H20N2O2/c1-17-12-6-7-13(10-2-4-11(16)5-3-10)15(17,9-8-12)14(18)19/h2-5,12-13H,6-9,16H2,1H3,(H,18,19)/t12-,13?,15-/m1/s1. The molecule has 4 nitrogen and oxygen atoms in total. The van der Waals surface area contributed by atoms with Gasteiger partial charge in [-0.1, -0.05) is 12.1 Å². The number of nitrogens with zero attached hydrogens (tertiary/aromatic N) is 1. The Morgan fingerprint density at radius 3 is 2.63 bits per heavy atom. The molecule has 0 saturated carbocycles. The van der Waals surface area contributed by atoms with Gasteiger partial charge >= 0.3 is 5.97 Å². The number of hydrogen-bond acceptors (Lipinski definition) is 3. The molecular weight excluding hydrogens is 240 g/mol. The fourth-order valence-electron chi connectivity index (χ4n) is 4.02. The molecule has 1 unspecified atom stereocenters. The highest BCUT2D eigenvalue weighted by Crippen LogP contribution is 2.51. The van der Waals surface area contributed by atoms with Crippen LogP contribution in [0.1, 0.15) is 37.2 Å². The third-order valence-electron chi connectivity index (χ3n) is 5.11. The molecule has 2 aliphatic rings. The van der Waals surface area contributed by atoms with E-state index in [0.717, 1.165) is 36.9 Å². The number of benzene rings is 1. The summed E-state index contributed by atoms with van der Waals surface area (Å²) >= 11 is 0. The van der Waals surface area contributed by atoms with E-state index in [1.54, 1.807) is 0 Å². The number of aliphatic carboxylic acids is 1. The van der Waals surface area contributed by atoms with Crippen molar-refractivity contribution in [1.29, 1.82) is 0 Å². The summed E-state index contributed by atoms with van der Waals surface area (Å²) in [6.45, 7) is 0. The number of carboxylic acid groups (broad SMARTS) is 1. The van der Waals surface area contributed by atoms with Crippen molar-refractivity contribution in [2.45, 2.75) is 43.2 Å². The lowest BCUT2D eigenvalue weighted by atomic mass is 9.74. The first kappa shape index (κ1) is 12.5. The lowest BCUT2D eigenvalue weighted by molar-refractivity contribution is -0.153. The lowest BCUT2D eigenvalue weighted by Gasteiger charge is -2.45. The number of anilines is 1. The summed E-state index contributed by atoms with van der Waals surface area (Å²) in [5.74, 6) is -0.617. The van der Waals surface area contributed by atoms with Crippen LogP contribution in [0.15, 0.2) is 24.3 Å². The van der Waals surface area contributed by atoms with E-state index in [0.29, 0.717) is 6.04 Å². The third kappa shape index (κ3) is 1.66. The van der Waals surface area contributed by atoms with Gasteiger partial charge in [0, 0.05) is 17.6 Å². The van der Waals surface area contributed by atoms with Crippen molar-refractivity contribution in [1.82, 2.24) is 4.90 Å². The second-order valence-corrected chi connectivity index (χ2v) is 5.83. The fraction of sp³-hybridized carbons (Fsp3) is 0.533. The SMILES string of the molecule is CN1[C@@H]2CCC(c3ccc(N)cc3)[C@@]1(C(=O)O)CC2. The molecule has 2 aliphatic heterocycles. The molecule has 3 atom stereocenters. The van der Waals surface area contributed by atoms with Crippen LogP contribution in [0.5, 0.6) is 0 Å². The fourth-order valence-corrected chi connectivity index (χ4v) is 4.02. The molecule has 2 saturated heterocycles. The molecule has 0 amide bonds. The largest absolute Gasteiger partial charge is 0.480 e. The van der Waals surface area contributed by atoms with E-state index in [4.69, 9.17) is 5.73 Å². The molecule has 3 rings (SSSR count). The molecule has 1 aromatic rings. The first-order valence-electron chi connectivity index (χ1n) is 6.87. The molecule has 1 aromatic carbocycles. The highest BCUT2D eigenvalue weighted by Gasteiger charge is 2.57. The molecule has 4 heteroatoms. The minimum Gasteiger partial charge on any atom is -0.480 e. The molecule has 0 aromatic heterocycles. The van der Waals surface area contributed by atoms with E-state index >= 15 is 0 Å². The maximum Gasteiger partial charge on any atom is 0.324 e. The van der Waals surface area contributed by atoms with Crippen LogP contribution in [0.3, 0.4) is 0 Å². The van der Waals surface area contributed by atoms with Crippen LogP contribution < -0.4 is 5.73 Å². The Bertz CT molecular complexity index is 499. The van der Waals surface area contributed by atoms with Crippen LogP contribution in [0.2, 0.25) is 0 Å². The van der Waals surface area contributed by atoms with Gasteiger partial charge in [0.1, 0.15) is 5.54 Å². The normalized spacial score (nSPS) is 34.4. The summed E-state index contributed by atoms with van der Waals surface area (Å²) in [5, 5.41) is 9.81. The number of carbonyl (C=O) groups is 1. The second kappa shape index (κ2) is 4.23. The number of fused-ring (bicyclic) bond motifs is 2. The number of nitrogen functional groups attached to an aromatic ring is 1. The molecule has 102 valence electrons. The minimum atomic E-state index is -0.723. The third-order valence-corrected chi connectivity index (χ3v) is 5.11. The van der Waals surface area contributed by atoms with Gasteiger partial charge in [0.15, 0.2) is 0 Å². The Morgan fingerprint density at radius 2 is 2.00 bits per heavy atom. The quantitative estimate of drug-likeness (QED) is 0.799. The van der Waals surface area contributed by atoms with E-state index in [1.165, 1.54) is 0 Å².